The van der Waals surface area contributed by atoms with Crippen molar-refractivity contribution in [3.05, 3.63) is 35.3 Å². The van der Waals surface area contributed by atoms with Gasteiger partial charge in [-0.2, -0.15) is 5.26 Å². The van der Waals surface area contributed by atoms with Gasteiger partial charge in [-0.25, -0.2) is 9.67 Å². The summed E-state index contributed by atoms with van der Waals surface area (Å²) in [6, 6.07) is 3.84. The summed E-state index contributed by atoms with van der Waals surface area (Å²) in [4.78, 5) is 14.6. The maximum Gasteiger partial charge on any atom is 0.325 e. The molecule has 0 aliphatic heterocycles. The van der Waals surface area contributed by atoms with E-state index in [4.69, 9.17) is 10.4 Å². The first-order valence-corrected chi connectivity index (χ1v) is 5.80. The summed E-state index contributed by atoms with van der Waals surface area (Å²) in [6.07, 6.45) is 3.14. The van der Waals surface area contributed by atoms with Gasteiger partial charge in [-0.15, -0.1) is 5.10 Å². The van der Waals surface area contributed by atoms with Crippen LogP contribution in [0.25, 0.3) is 0 Å². The van der Waals surface area contributed by atoms with E-state index in [1.54, 1.807) is 12.3 Å². The molecule has 2 N–H and O–H groups in total. The van der Waals surface area contributed by atoms with Gasteiger partial charge >= 0.3 is 5.97 Å². The van der Waals surface area contributed by atoms with Gasteiger partial charge in [0.15, 0.2) is 0 Å². The lowest BCUT2D eigenvalue weighted by atomic mass is 10.1. The third-order valence-corrected chi connectivity index (χ3v) is 2.59. The summed E-state index contributed by atoms with van der Waals surface area (Å²) in [6.45, 7) is 1.90. The number of pyridine rings is 1. The minimum absolute atomic E-state index is 0.237. The Balaban J connectivity index is 2.06. The highest BCUT2D eigenvalue weighted by Crippen LogP contribution is 2.15. The van der Waals surface area contributed by atoms with Crippen molar-refractivity contribution in [1.29, 1.82) is 5.26 Å². The SMILES string of the molecule is Cc1ccnc(NCc2cn(CC(=O)O)nn2)c1C#N. The minimum Gasteiger partial charge on any atom is -0.480 e. The maximum absolute atomic E-state index is 10.5. The van der Waals surface area contributed by atoms with Crippen LogP contribution in [-0.4, -0.2) is 31.1 Å². The number of carboxylic acid groups (broad SMARTS) is 1. The van der Waals surface area contributed by atoms with Crippen molar-refractivity contribution in [2.45, 2.75) is 20.0 Å². The Morgan fingerprint density at radius 3 is 3.10 bits per heavy atom. The fourth-order valence-corrected chi connectivity index (χ4v) is 1.64. The topological polar surface area (TPSA) is 117 Å². The molecule has 0 aliphatic carbocycles. The molecule has 8 nitrogen and oxygen atoms in total. The number of nitriles is 1. The van der Waals surface area contributed by atoms with Gasteiger partial charge in [-0.1, -0.05) is 5.21 Å². The van der Waals surface area contributed by atoms with Gasteiger partial charge in [0, 0.05) is 6.20 Å². The summed E-state index contributed by atoms with van der Waals surface area (Å²) in [5.74, 6) is -0.512. The summed E-state index contributed by atoms with van der Waals surface area (Å²) in [5, 5.41) is 28.2. The number of rotatable bonds is 5. The average molecular weight is 272 g/mol. The molecule has 0 amide bonds. The first kappa shape index (κ1) is 13.5. The van der Waals surface area contributed by atoms with Gasteiger partial charge in [0.05, 0.1) is 18.3 Å². The predicted octanol–water partition coefficient (Wildman–Crippen LogP) is 0.550. The molecule has 0 aliphatic rings. The summed E-state index contributed by atoms with van der Waals surface area (Å²) >= 11 is 0. The lowest BCUT2D eigenvalue weighted by Gasteiger charge is -2.06. The number of aromatic nitrogens is 4. The van der Waals surface area contributed by atoms with Crippen LogP contribution in [0.3, 0.4) is 0 Å². The molecule has 8 heteroatoms. The number of carboxylic acids is 1. The smallest absolute Gasteiger partial charge is 0.325 e. The highest BCUT2D eigenvalue weighted by molar-refractivity contribution is 5.66. The average Bonchev–Trinajstić information content (AvgIpc) is 2.83. The van der Waals surface area contributed by atoms with E-state index in [2.05, 4.69) is 26.7 Å². The molecule has 20 heavy (non-hydrogen) atoms. The largest absolute Gasteiger partial charge is 0.480 e. The van der Waals surface area contributed by atoms with E-state index >= 15 is 0 Å². The van der Waals surface area contributed by atoms with Crippen molar-refractivity contribution >= 4 is 11.8 Å². The van der Waals surface area contributed by atoms with Gasteiger partial charge in [-0.3, -0.25) is 4.79 Å². The number of hydrogen-bond acceptors (Lipinski definition) is 6. The minimum atomic E-state index is -0.985. The van der Waals surface area contributed by atoms with E-state index in [-0.39, 0.29) is 6.54 Å². The second-order valence-corrected chi connectivity index (χ2v) is 4.12. The van der Waals surface area contributed by atoms with Crippen LogP contribution >= 0.6 is 0 Å². The molecule has 0 bridgehead atoms. The number of nitrogens with zero attached hydrogens (tertiary/aromatic N) is 5. The van der Waals surface area contributed by atoms with Crippen LogP contribution in [0.5, 0.6) is 0 Å². The molecule has 2 heterocycles. The third kappa shape index (κ3) is 3.08. The normalized spacial score (nSPS) is 10.0. The molecule has 102 valence electrons. The summed E-state index contributed by atoms with van der Waals surface area (Å²) in [5.41, 5.74) is 1.88. The quantitative estimate of drug-likeness (QED) is 0.816. The van der Waals surface area contributed by atoms with Crippen LogP contribution in [0.15, 0.2) is 18.5 Å². The van der Waals surface area contributed by atoms with Crippen LogP contribution in [0.2, 0.25) is 0 Å². The van der Waals surface area contributed by atoms with Gasteiger partial charge in [0.25, 0.3) is 0 Å². The second-order valence-electron chi connectivity index (χ2n) is 4.12. The van der Waals surface area contributed by atoms with Crippen molar-refractivity contribution < 1.29 is 9.90 Å². The lowest BCUT2D eigenvalue weighted by Crippen LogP contribution is -2.09. The fourth-order valence-electron chi connectivity index (χ4n) is 1.64. The van der Waals surface area contributed by atoms with Gasteiger partial charge in [0.2, 0.25) is 0 Å². The van der Waals surface area contributed by atoms with Crippen LogP contribution in [0.4, 0.5) is 5.82 Å². The zero-order chi connectivity index (χ0) is 14.5. The Morgan fingerprint density at radius 1 is 1.60 bits per heavy atom. The molecule has 2 rings (SSSR count). The van der Waals surface area contributed by atoms with Gasteiger partial charge in [-0.05, 0) is 18.6 Å². The van der Waals surface area contributed by atoms with Crippen molar-refractivity contribution in [1.82, 2.24) is 20.0 Å². The van der Waals surface area contributed by atoms with Crippen LogP contribution in [0.1, 0.15) is 16.8 Å². The molecule has 0 radical (unpaired) electrons. The first-order valence-electron chi connectivity index (χ1n) is 5.80. The fraction of sp³-hybridized carbons (Fsp3) is 0.250. The Hall–Kier alpha value is -2.95. The van der Waals surface area contributed by atoms with E-state index in [1.807, 2.05) is 6.92 Å². The van der Waals surface area contributed by atoms with E-state index in [1.165, 1.54) is 10.9 Å². The van der Waals surface area contributed by atoms with Crippen molar-refractivity contribution in [2.75, 3.05) is 5.32 Å². The van der Waals surface area contributed by atoms with Gasteiger partial charge in [0.1, 0.15) is 24.1 Å². The molecule has 2 aromatic heterocycles. The molecule has 0 unspecified atom stereocenters. The molecule has 2 aromatic rings. The standard InChI is InChI=1S/C12H12N6O2/c1-8-2-3-14-12(10(8)4-13)15-5-9-6-18(17-16-9)7-11(19)20/h2-3,6H,5,7H2,1H3,(H,14,15)(H,19,20). The number of anilines is 1. The van der Waals surface area contributed by atoms with Crippen LogP contribution in [0, 0.1) is 18.3 Å². The number of nitrogens with one attached hydrogen (secondary N) is 1. The molecule has 0 saturated carbocycles. The zero-order valence-corrected chi connectivity index (χ0v) is 10.7. The molecule has 0 saturated heterocycles. The third-order valence-electron chi connectivity index (χ3n) is 2.59. The molecule has 0 aromatic carbocycles. The number of hydrogen-bond donors (Lipinski definition) is 2. The van der Waals surface area contributed by atoms with Crippen molar-refractivity contribution in [3.63, 3.8) is 0 Å². The first-order chi connectivity index (χ1) is 9.60. The van der Waals surface area contributed by atoms with E-state index < -0.39 is 5.97 Å². The number of carbonyl (C=O) groups is 1. The Bertz CT molecular complexity index is 673. The molecular weight excluding hydrogens is 260 g/mol. The Morgan fingerprint density at radius 2 is 2.40 bits per heavy atom. The number of aliphatic carboxylic acids is 1. The monoisotopic (exact) mass is 272 g/mol. The molecule has 0 fully saturated rings. The predicted molar refractivity (Wildman–Crippen MR) is 68.7 cm³/mol. The van der Waals surface area contributed by atoms with E-state index in [9.17, 15) is 4.79 Å². The Kier molecular flexibility index (Phi) is 3.91. The summed E-state index contributed by atoms with van der Waals surface area (Å²) < 4.78 is 1.23. The lowest BCUT2D eigenvalue weighted by molar-refractivity contribution is -0.137. The highest BCUT2D eigenvalue weighted by Gasteiger charge is 2.08. The molecule has 0 spiro atoms. The van der Waals surface area contributed by atoms with Gasteiger partial charge < -0.3 is 10.4 Å². The molecule has 0 atom stereocenters. The maximum atomic E-state index is 10.5. The van der Waals surface area contributed by atoms with E-state index in [0.717, 1.165) is 5.56 Å². The number of aryl methyl sites for hydroxylation is 1. The Labute approximate surface area is 114 Å². The zero-order valence-electron chi connectivity index (χ0n) is 10.7. The highest BCUT2D eigenvalue weighted by atomic mass is 16.4. The molecular formula is C12H12N6O2. The van der Waals surface area contributed by atoms with E-state index in [0.29, 0.717) is 23.6 Å². The van der Waals surface area contributed by atoms with Crippen molar-refractivity contribution in [2.24, 2.45) is 0 Å². The summed E-state index contributed by atoms with van der Waals surface area (Å²) in [7, 11) is 0. The second kappa shape index (κ2) is 5.79. The van der Waals surface area contributed by atoms with Crippen LogP contribution in [-0.2, 0) is 17.9 Å². The van der Waals surface area contributed by atoms with Crippen molar-refractivity contribution in [3.8, 4) is 6.07 Å². The van der Waals surface area contributed by atoms with Crippen LogP contribution < -0.4 is 5.32 Å².